The molecule has 38 heavy (non-hydrogen) atoms. The number of alkyl halides is 2. The van der Waals surface area contributed by atoms with Crippen molar-refractivity contribution in [1.29, 1.82) is 0 Å². The zero-order valence-corrected chi connectivity index (χ0v) is 22.9. The Hall–Kier alpha value is -1.64. The molecule has 0 spiro atoms. The van der Waals surface area contributed by atoms with E-state index < -0.39 is 45.9 Å². The molecule has 1 saturated heterocycles. The maximum Gasteiger partial charge on any atom is 0.182 e. The van der Waals surface area contributed by atoms with E-state index >= 15 is 8.78 Å². The molecule has 1 aromatic carbocycles. The number of benzene rings is 1. The summed E-state index contributed by atoms with van der Waals surface area (Å²) in [6, 6.07) is 7.35. The van der Waals surface area contributed by atoms with Crippen molar-refractivity contribution in [2.45, 2.75) is 63.4 Å². The van der Waals surface area contributed by atoms with E-state index in [0.29, 0.717) is 24.5 Å². The molecule has 9 heteroatoms. The first kappa shape index (κ1) is 26.6. The van der Waals surface area contributed by atoms with E-state index in [9.17, 15) is 14.7 Å². The molecular weight excluding hydrogens is 535 g/mol. The minimum Gasteiger partial charge on any atom is -0.390 e. The minimum absolute atomic E-state index is 0.0368. The number of carbonyl (C=O) groups excluding carboxylic acids is 2. The number of fused-ring (bicyclic) bond motifs is 7. The molecule has 5 nitrogen and oxygen atoms in total. The molecule has 0 unspecified atom stereocenters. The Balaban J connectivity index is 1.40. The van der Waals surface area contributed by atoms with Gasteiger partial charge in [0.05, 0.1) is 12.0 Å². The van der Waals surface area contributed by atoms with Crippen LogP contribution in [0.15, 0.2) is 47.8 Å². The lowest BCUT2D eigenvalue weighted by molar-refractivity contribution is -0.265. The van der Waals surface area contributed by atoms with E-state index in [1.807, 2.05) is 19.1 Å². The third-order valence-corrected chi connectivity index (χ3v) is 11.0. The Morgan fingerprint density at radius 1 is 1.24 bits per heavy atom. The third-order valence-electron chi connectivity index (χ3n) is 10.5. The molecule has 4 aliphatic carbocycles. The molecule has 0 aromatic heterocycles. The molecule has 0 radical (unpaired) electrons. The Labute approximate surface area is 230 Å². The number of rotatable bonds is 4. The molecule has 1 aliphatic heterocycles. The van der Waals surface area contributed by atoms with Crippen molar-refractivity contribution in [2.75, 3.05) is 12.4 Å². The zero-order chi connectivity index (χ0) is 27.3. The van der Waals surface area contributed by atoms with Gasteiger partial charge in [0.2, 0.25) is 0 Å². The van der Waals surface area contributed by atoms with Crippen molar-refractivity contribution in [2.24, 2.45) is 28.6 Å². The van der Waals surface area contributed by atoms with Crippen LogP contribution in [0.2, 0.25) is 5.02 Å². The summed E-state index contributed by atoms with van der Waals surface area (Å²) in [5.41, 5.74) is -4.88. The van der Waals surface area contributed by atoms with Gasteiger partial charge in [0.1, 0.15) is 5.83 Å². The van der Waals surface area contributed by atoms with Gasteiger partial charge in [0.25, 0.3) is 0 Å². The van der Waals surface area contributed by atoms with E-state index in [1.54, 1.807) is 24.1 Å². The molecule has 1 N–H and O–H groups in total. The normalized spacial score (nSPS) is 44.0. The lowest BCUT2D eigenvalue weighted by Gasteiger charge is -2.62. The van der Waals surface area contributed by atoms with Crippen LogP contribution < -0.4 is 0 Å². The molecule has 3 fully saturated rings. The van der Waals surface area contributed by atoms with Crippen molar-refractivity contribution in [3.8, 4) is 0 Å². The maximum absolute atomic E-state index is 17.4. The summed E-state index contributed by atoms with van der Waals surface area (Å²) in [5.74, 6) is -2.96. The number of hydroxylamine groups is 2. The van der Waals surface area contributed by atoms with E-state index in [2.05, 4.69) is 0 Å². The Morgan fingerprint density at radius 3 is 2.63 bits per heavy atom. The second-order valence-electron chi connectivity index (χ2n) is 12.2. The monoisotopic (exact) mass is 565 g/mol. The van der Waals surface area contributed by atoms with Gasteiger partial charge >= 0.3 is 0 Å². The molecule has 2 saturated carbocycles. The van der Waals surface area contributed by atoms with Crippen LogP contribution in [0.1, 0.15) is 45.1 Å². The summed E-state index contributed by atoms with van der Waals surface area (Å²) >= 11 is 12.2. The number of carbonyl (C=O) groups is 2. The number of halogens is 4. The first-order chi connectivity index (χ1) is 17.9. The van der Waals surface area contributed by atoms with Crippen molar-refractivity contribution < 1.29 is 28.3 Å². The molecule has 0 bridgehead atoms. The number of Topliss-reactive ketones (excluding diaryl/α,β-unsaturated/α-hetero) is 1. The van der Waals surface area contributed by atoms with E-state index in [4.69, 9.17) is 28.0 Å². The third kappa shape index (κ3) is 3.26. The predicted octanol–water partition coefficient (Wildman–Crippen LogP) is 5.53. The largest absolute Gasteiger partial charge is 0.390 e. The summed E-state index contributed by atoms with van der Waals surface area (Å²) in [5, 5.41) is 13.9. The van der Waals surface area contributed by atoms with Crippen LogP contribution in [0.5, 0.6) is 0 Å². The van der Waals surface area contributed by atoms with Crippen LogP contribution in [0.4, 0.5) is 8.78 Å². The van der Waals surface area contributed by atoms with E-state index in [-0.39, 0.29) is 48.2 Å². The predicted molar refractivity (Wildman–Crippen MR) is 139 cm³/mol. The number of allylic oxidation sites excluding steroid dienone is 4. The SMILES string of the molecule is C[C@]12C=CC(=O)CC1=C(F)C[C@H]1[C@@H]3C[C@H]4CN(Cc5ccc(Cl)cc5)O[C@@]4(C(=O)CCl)[C@@]3(C)C[C@H](O)[C@@]12F. The molecule has 0 amide bonds. The first-order valence-corrected chi connectivity index (χ1v) is 14.1. The maximum atomic E-state index is 17.4. The van der Waals surface area contributed by atoms with Gasteiger partial charge in [0.15, 0.2) is 22.8 Å². The fourth-order valence-corrected chi connectivity index (χ4v) is 9.11. The Bertz CT molecular complexity index is 1270. The van der Waals surface area contributed by atoms with Gasteiger partial charge in [-0.1, -0.05) is 36.7 Å². The van der Waals surface area contributed by atoms with Crippen molar-refractivity contribution in [3.63, 3.8) is 0 Å². The van der Waals surface area contributed by atoms with Crippen molar-refractivity contribution >= 4 is 34.8 Å². The topological polar surface area (TPSA) is 66.8 Å². The molecular formula is C29H31Cl2F2NO4. The van der Waals surface area contributed by atoms with Gasteiger partial charge in [-0.15, -0.1) is 11.6 Å². The van der Waals surface area contributed by atoms with Crippen LogP contribution in [-0.2, 0) is 21.0 Å². The number of nitrogens with zero attached hydrogens (tertiary/aromatic N) is 1. The summed E-state index contributed by atoms with van der Waals surface area (Å²) in [6.45, 7) is 4.30. The summed E-state index contributed by atoms with van der Waals surface area (Å²) < 4.78 is 33.1. The first-order valence-electron chi connectivity index (χ1n) is 13.2. The highest BCUT2D eigenvalue weighted by atomic mass is 35.5. The van der Waals surface area contributed by atoms with Gasteiger partial charge in [-0.05, 0) is 55.0 Å². The van der Waals surface area contributed by atoms with Gasteiger partial charge < -0.3 is 5.11 Å². The smallest absolute Gasteiger partial charge is 0.182 e. The fourth-order valence-electron chi connectivity index (χ4n) is 8.78. The number of hydrogen-bond donors (Lipinski definition) is 1. The van der Waals surface area contributed by atoms with Crippen LogP contribution in [0.25, 0.3) is 0 Å². The average molecular weight is 566 g/mol. The molecule has 204 valence electrons. The molecule has 6 rings (SSSR count). The van der Waals surface area contributed by atoms with Crippen molar-refractivity contribution in [1.82, 2.24) is 5.06 Å². The number of ketones is 2. The van der Waals surface area contributed by atoms with Gasteiger partial charge in [-0.2, -0.15) is 5.06 Å². The highest BCUT2D eigenvalue weighted by molar-refractivity contribution is 6.30. The second-order valence-corrected chi connectivity index (χ2v) is 12.9. The highest BCUT2D eigenvalue weighted by Crippen LogP contribution is 2.72. The van der Waals surface area contributed by atoms with Gasteiger partial charge in [0, 0.05) is 53.6 Å². The summed E-state index contributed by atoms with van der Waals surface area (Å²) in [4.78, 5) is 32.3. The standard InChI is InChI=1S/C29H31Cl2F2NO4/c1-26-8-7-19(35)10-22(26)23(32)11-21-20-9-17-15-34(14-16-3-5-18(31)6-4-16)38-29(17,25(37)13-30)27(20,2)12-24(36)28(21,26)33/h3-8,17,20-21,24,36H,9-15H2,1-2H3/t17-,20-,21-,24-,26-,27-,28-,29-/m0/s1. The van der Waals surface area contributed by atoms with Crippen LogP contribution >= 0.6 is 23.2 Å². The van der Waals surface area contributed by atoms with Crippen LogP contribution in [-0.4, -0.2) is 51.5 Å². The lowest BCUT2D eigenvalue weighted by atomic mass is 9.45. The summed E-state index contributed by atoms with van der Waals surface area (Å²) in [7, 11) is 0. The quantitative estimate of drug-likeness (QED) is 0.486. The van der Waals surface area contributed by atoms with Crippen LogP contribution in [0, 0.1) is 28.6 Å². The fraction of sp³-hybridized carbons (Fsp3) is 0.586. The zero-order valence-electron chi connectivity index (χ0n) is 21.4. The van der Waals surface area contributed by atoms with Crippen LogP contribution in [0.3, 0.4) is 0 Å². The van der Waals surface area contributed by atoms with Crippen molar-refractivity contribution in [3.05, 3.63) is 58.4 Å². The molecule has 1 heterocycles. The highest BCUT2D eigenvalue weighted by Gasteiger charge is 2.79. The lowest BCUT2D eigenvalue weighted by Crippen LogP contribution is -2.69. The average Bonchev–Trinajstić information content (AvgIpc) is 3.35. The molecule has 5 aliphatic rings. The molecule has 1 aromatic rings. The Morgan fingerprint density at radius 2 is 1.95 bits per heavy atom. The number of aliphatic hydroxyl groups excluding tert-OH is 1. The Kier molecular flexibility index (Phi) is 6.07. The van der Waals surface area contributed by atoms with Gasteiger partial charge in [-0.3, -0.25) is 14.4 Å². The summed E-state index contributed by atoms with van der Waals surface area (Å²) in [6.07, 6.45) is 1.25. The van der Waals surface area contributed by atoms with E-state index in [1.165, 1.54) is 12.2 Å². The van der Waals surface area contributed by atoms with Gasteiger partial charge in [-0.25, -0.2) is 8.78 Å². The minimum atomic E-state index is -2.19. The second kappa shape index (κ2) is 8.68. The number of hydrogen-bond acceptors (Lipinski definition) is 5. The van der Waals surface area contributed by atoms with E-state index in [0.717, 1.165) is 5.56 Å². The molecule has 8 atom stereocenters. The number of aliphatic hydroxyl groups is 1.